The van der Waals surface area contributed by atoms with E-state index < -0.39 is 0 Å². The van der Waals surface area contributed by atoms with E-state index in [-0.39, 0.29) is 0 Å². The fraction of sp³-hybridized carbons (Fsp3) is 0.125. The summed E-state index contributed by atoms with van der Waals surface area (Å²) in [6.45, 7) is 0.968. The minimum atomic E-state index is 0.915. The summed E-state index contributed by atoms with van der Waals surface area (Å²) in [6.07, 6.45) is 9.86. The van der Waals surface area contributed by atoms with Crippen LogP contribution >= 0.6 is 0 Å². The van der Waals surface area contributed by atoms with Crippen LogP contribution in [0, 0.1) is 0 Å². The maximum absolute atomic E-state index is 4.93. The average molecular weight is 377 g/mol. The zero-order valence-electron chi connectivity index (χ0n) is 15.8. The number of aromatic nitrogens is 5. The molecule has 0 aliphatic carbocycles. The third-order valence-corrected chi connectivity index (χ3v) is 5.69. The van der Waals surface area contributed by atoms with Gasteiger partial charge in [-0.2, -0.15) is 5.10 Å². The lowest BCUT2D eigenvalue weighted by Crippen LogP contribution is -1.94. The largest absolute Gasteiger partial charge is 0.367 e. The molecule has 5 heteroatoms. The van der Waals surface area contributed by atoms with E-state index in [1.807, 2.05) is 43.0 Å². The molecule has 1 aliphatic rings. The van der Waals surface area contributed by atoms with Crippen LogP contribution < -0.4 is 0 Å². The lowest BCUT2D eigenvalue weighted by Gasteiger charge is -2.10. The minimum absolute atomic E-state index is 0.915. The van der Waals surface area contributed by atoms with Crippen molar-refractivity contribution >= 4 is 10.9 Å². The van der Waals surface area contributed by atoms with Gasteiger partial charge in [-0.1, -0.05) is 18.2 Å². The van der Waals surface area contributed by atoms with Crippen LogP contribution in [0.15, 0.2) is 73.3 Å². The van der Waals surface area contributed by atoms with Crippen molar-refractivity contribution in [2.45, 2.75) is 19.4 Å². The number of hydrogen-bond donors (Lipinski definition) is 1. The van der Waals surface area contributed by atoms with Crippen LogP contribution in [-0.4, -0.2) is 24.7 Å². The number of nitrogens with zero attached hydrogens (tertiary/aromatic N) is 4. The smallest absolute Gasteiger partial charge is 0.119 e. The molecule has 0 saturated heterocycles. The maximum atomic E-state index is 4.93. The first-order chi connectivity index (χ1) is 14.4. The van der Waals surface area contributed by atoms with Crippen LogP contribution in [0.4, 0.5) is 0 Å². The van der Waals surface area contributed by atoms with Gasteiger partial charge in [0.1, 0.15) is 5.69 Å². The van der Waals surface area contributed by atoms with E-state index in [2.05, 4.69) is 50.0 Å². The molecule has 6 rings (SSSR count). The zero-order chi connectivity index (χ0) is 19.2. The summed E-state index contributed by atoms with van der Waals surface area (Å²) in [5, 5.41) is 6.08. The van der Waals surface area contributed by atoms with Crippen molar-refractivity contribution in [1.29, 1.82) is 0 Å². The van der Waals surface area contributed by atoms with Crippen molar-refractivity contribution in [3.05, 3.63) is 79.0 Å². The van der Waals surface area contributed by atoms with Crippen molar-refractivity contribution in [3.63, 3.8) is 0 Å². The predicted molar refractivity (Wildman–Crippen MR) is 114 cm³/mol. The van der Waals surface area contributed by atoms with E-state index in [4.69, 9.17) is 5.10 Å². The van der Waals surface area contributed by atoms with Crippen LogP contribution in [0.25, 0.3) is 44.5 Å². The summed E-state index contributed by atoms with van der Waals surface area (Å²) in [6, 6.07) is 16.7. The Kier molecular flexibility index (Phi) is 3.59. The number of hydrogen-bond acceptors (Lipinski definition) is 3. The minimum Gasteiger partial charge on any atom is -0.367 e. The van der Waals surface area contributed by atoms with Gasteiger partial charge in [0, 0.05) is 48.0 Å². The molecule has 0 spiro atoms. The van der Waals surface area contributed by atoms with Crippen LogP contribution in [0.5, 0.6) is 0 Å². The van der Waals surface area contributed by atoms with Crippen LogP contribution in [0.3, 0.4) is 0 Å². The van der Waals surface area contributed by atoms with Crippen molar-refractivity contribution in [2.75, 3.05) is 0 Å². The quantitative estimate of drug-likeness (QED) is 0.476. The van der Waals surface area contributed by atoms with Crippen LogP contribution in [0.2, 0.25) is 0 Å². The van der Waals surface area contributed by atoms with E-state index in [9.17, 15) is 0 Å². The average Bonchev–Trinajstić information content (AvgIpc) is 3.51. The Hall–Kier alpha value is -3.73. The second kappa shape index (κ2) is 6.41. The molecular formula is C24H19N5. The van der Waals surface area contributed by atoms with Gasteiger partial charge in [0.25, 0.3) is 0 Å². The molecular weight excluding hydrogens is 358 g/mol. The summed E-state index contributed by atoms with van der Waals surface area (Å²) in [4.78, 5) is 12.4. The fourth-order valence-corrected chi connectivity index (χ4v) is 4.35. The van der Waals surface area contributed by atoms with E-state index in [0.717, 1.165) is 47.2 Å². The lowest BCUT2D eigenvalue weighted by molar-refractivity contribution is 0.658. The maximum Gasteiger partial charge on any atom is 0.119 e. The molecule has 1 N–H and O–H groups in total. The summed E-state index contributed by atoms with van der Waals surface area (Å²) >= 11 is 0. The number of rotatable bonds is 3. The Labute approximate surface area is 168 Å². The summed E-state index contributed by atoms with van der Waals surface area (Å²) in [5.41, 5.74) is 8.87. The van der Waals surface area contributed by atoms with Gasteiger partial charge in [-0.05, 0) is 59.9 Å². The molecule has 0 radical (unpaired) electrons. The van der Waals surface area contributed by atoms with Crippen molar-refractivity contribution < 1.29 is 0 Å². The SMILES string of the molecule is c1ccc(-c2nn3c(c2-c2ccnc4cc(-c5cc[nH]c5)ccc24)CCC3)nc1. The molecule has 1 aliphatic heterocycles. The molecule has 5 nitrogen and oxygen atoms in total. The number of benzene rings is 1. The van der Waals surface area contributed by atoms with Crippen molar-refractivity contribution in [3.8, 4) is 33.6 Å². The molecule has 5 aromatic rings. The summed E-state index contributed by atoms with van der Waals surface area (Å²) in [5.74, 6) is 0. The highest BCUT2D eigenvalue weighted by Gasteiger charge is 2.25. The predicted octanol–water partition coefficient (Wildman–Crippen LogP) is 5.10. The Bertz CT molecular complexity index is 1320. The molecule has 29 heavy (non-hydrogen) atoms. The Balaban J connectivity index is 1.59. The van der Waals surface area contributed by atoms with Crippen LogP contribution in [-0.2, 0) is 13.0 Å². The van der Waals surface area contributed by atoms with Crippen molar-refractivity contribution in [1.82, 2.24) is 24.7 Å². The highest BCUT2D eigenvalue weighted by atomic mass is 15.3. The molecule has 4 aromatic heterocycles. The van der Waals surface area contributed by atoms with Gasteiger partial charge in [-0.15, -0.1) is 0 Å². The number of H-pyrrole nitrogens is 1. The Morgan fingerprint density at radius 3 is 2.79 bits per heavy atom. The van der Waals surface area contributed by atoms with Gasteiger partial charge in [0.15, 0.2) is 0 Å². The van der Waals surface area contributed by atoms with E-state index in [1.165, 1.54) is 22.4 Å². The normalized spacial score (nSPS) is 13.1. The number of fused-ring (bicyclic) bond motifs is 2. The summed E-state index contributed by atoms with van der Waals surface area (Å²) in [7, 11) is 0. The zero-order valence-corrected chi connectivity index (χ0v) is 15.8. The second-order valence-corrected chi connectivity index (χ2v) is 7.40. The Morgan fingerprint density at radius 1 is 0.931 bits per heavy atom. The van der Waals surface area contributed by atoms with E-state index in [0.29, 0.717) is 0 Å². The first-order valence-corrected chi connectivity index (χ1v) is 9.92. The number of aryl methyl sites for hydroxylation is 1. The first-order valence-electron chi connectivity index (χ1n) is 9.92. The molecule has 5 heterocycles. The molecule has 0 unspecified atom stereocenters. The topological polar surface area (TPSA) is 59.4 Å². The van der Waals surface area contributed by atoms with Gasteiger partial charge in [-0.3, -0.25) is 14.6 Å². The van der Waals surface area contributed by atoms with Gasteiger partial charge in [0.2, 0.25) is 0 Å². The molecule has 0 amide bonds. The number of pyridine rings is 2. The molecule has 0 bridgehead atoms. The summed E-state index contributed by atoms with van der Waals surface area (Å²) < 4.78 is 2.15. The molecule has 1 aromatic carbocycles. The standard InChI is InChI=1S/C24H19N5/c1-2-10-26-20(4-1)24-23(22-5-3-13-29(22)28-24)19-9-12-27-21-14-16(6-7-18(19)21)17-8-11-25-15-17/h1-2,4,6-12,14-15,25H,3,5,13H2. The van der Waals surface area contributed by atoms with Gasteiger partial charge < -0.3 is 4.98 Å². The fourth-order valence-electron chi connectivity index (χ4n) is 4.35. The van der Waals surface area contributed by atoms with Crippen LogP contribution in [0.1, 0.15) is 12.1 Å². The van der Waals surface area contributed by atoms with E-state index >= 15 is 0 Å². The monoisotopic (exact) mass is 377 g/mol. The van der Waals surface area contributed by atoms with Gasteiger partial charge >= 0.3 is 0 Å². The number of nitrogens with one attached hydrogen (secondary N) is 1. The van der Waals surface area contributed by atoms with Crippen molar-refractivity contribution in [2.24, 2.45) is 0 Å². The van der Waals surface area contributed by atoms with Gasteiger partial charge in [0.05, 0.1) is 11.2 Å². The molecule has 0 saturated carbocycles. The van der Waals surface area contributed by atoms with E-state index in [1.54, 1.807) is 0 Å². The third-order valence-electron chi connectivity index (χ3n) is 5.69. The molecule has 0 atom stereocenters. The van der Waals surface area contributed by atoms with Gasteiger partial charge in [-0.25, -0.2) is 0 Å². The lowest BCUT2D eigenvalue weighted by atomic mass is 9.95. The third kappa shape index (κ3) is 2.58. The highest BCUT2D eigenvalue weighted by Crippen LogP contribution is 2.40. The first kappa shape index (κ1) is 16.2. The number of aromatic amines is 1. The Morgan fingerprint density at radius 2 is 1.93 bits per heavy atom. The second-order valence-electron chi connectivity index (χ2n) is 7.40. The highest BCUT2D eigenvalue weighted by molar-refractivity contribution is 6.00. The molecule has 0 fully saturated rings. The molecule has 140 valence electrons.